The number of rotatable bonds is 3. The van der Waals surface area contributed by atoms with E-state index in [4.69, 9.17) is 28.9 Å². The van der Waals surface area contributed by atoms with Crippen molar-refractivity contribution in [3.63, 3.8) is 0 Å². The van der Waals surface area contributed by atoms with Gasteiger partial charge in [0.05, 0.1) is 15.7 Å². The minimum atomic E-state index is -0.570. The number of nitrogens with two attached hydrogens (primary N) is 1. The van der Waals surface area contributed by atoms with Crippen molar-refractivity contribution < 1.29 is 9.18 Å². The Morgan fingerprint density at radius 1 is 1.16 bits per heavy atom. The van der Waals surface area contributed by atoms with Crippen LogP contribution in [0.1, 0.15) is 15.9 Å². The Labute approximate surface area is 119 Å². The number of carbonyl (C=O) groups excluding carboxylic acids is 1. The lowest BCUT2D eigenvalue weighted by atomic mass is 10.0. The molecule has 2 rings (SSSR count). The quantitative estimate of drug-likeness (QED) is 0.683. The first kappa shape index (κ1) is 13.8. The molecule has 0 fully saturated rings. The van der Waals surface area contributed by atoms with Gasteiger partial charge in [0.15, 0.2) is 5.78 Å². The molecule has 0 spiro atoms. The molecule has 2 nitrogen and oxygen atoms in total. The molecular formula is C14H10Cl2FNO. The van der Waals surface area contributed by atoms with Crippen LogP contribution in [-0.4, -0.2) is 5.78 Å². The maximum atomic E-state index is 13.7. The topological polar surface area (TPSA) is 43.1 Å². The second kappa shape index (κ2) is 5.59. The van der Waals surface area contributed by atoms with Gasteiger partial charge in [0, 0.05) is 12.0 Å². The standard InChI is InChI=1S/C14H10Cl2FNO/c15-10-5-4-8(6-12(10)18)13(19)7-9-2-1-3-11(16)14(9)17/h1-6H,7,18H2. The molecule has 98 valence electrons. The predicted molar refractivity (Wildman–Crippen MR) is 75.3 cm³/mol. The first-order valence-corrected chi connectivity index (χ1v) is 6.25. The molecule has 0 heterocycles. The van der Waals surface area contributed by atoms with Crippen molar-refractivity contribution in [2.75, 3.05) is 5.73 Å². The van der Waals surface area contributed by atoms with E-state index < -0.39 is 5.82 Å². The lowest BCUT2D eigenvalue weighted by Gasteiger charge is -2.05. The summed E-state index contributed by atoms with van der Waals surface area (Å²) in [5.41, 5.74) is 6.59. The number of Topliss-reactive ketones (excluding diaryl/α,β-unsaturated/α-hetero) is 1. The van der Waals surface area contributed by atoms with Gasteiger partial charge in [-0.15, -0.1) is 0 Å². The third-order valence-corrected chi connectivity index (χ3v) is 3.34. The highest BCUT2D eigenvalue weighted by Gasteiger charge is 2.13. The number of carbonyl (C=O) groups is 1. The predicted octanol–water partition coefficient (Wildman–Crippen LogP) is 4.14. The van der Waals surface area contributed by atoms with Crippen LogP contribution in [0.2, 0.25) is 10.0 Å². The van der Waals surface area contributed by atoms with E-state index in [0.29, 0.717) is 16.3 Å². The largest absolute Gasteiger partial charge is 0.398 e. The molecule has 2 aromatic carbocycles. The summed E-state index contributed by atoms with van der Waals surface area (Å²) in [7, 11) is 0. The third-order valence-electron chi connectivity index (χ3n) is 2.70. The smallest absolute Gasteiger partial charge is 0.167 e. The first-order chi connectivity index (χ1) is 8.99. The molecule has 0 saturated carbocycles. The molecule has 2 N–H and O–H groups in total. The second-order valence-corrected chi connectivity index (χ2v) is 4.86. The fourth-order valence-electron chi connectivity index (χ4n) is 1.68. The zero-order valence-electron chi connectivity index (χ0n) is 9.79. The van der Waals surface area contributed by atoms with E-state index in [1.54, 1.807) is 18.2 Å². The summed E-state index contributed by atoms with van der Waals surface area (Å²) in [5.74, 6) is -0.816. The molecule has 0 aliphatic heterocycles. The zero-order chi connectivity index (χ0) is 14.0. The highest BCUT2D eigenvalue weighted by Crippen LogP contribution is 2.22. The van der Waals surface area contributed by atoms with Crippen molar-refractivity contribution in [2.24, 2.45) is 0 Å². The summed E-state index contributed by atoms with van der Waals surface area (Å²) in [6.45, 7) is 0. The van der Waals surface area contributed by atoms with Crippen LogP contribution in [0.4, 0.5) is 10.1 Å². The summed E-state index contributed by atoms with van der Waals surface area (Å²) in [5, 5.41) is 0.381. The van der Waals surface area contributed by atoms with Crippen LogP contribution < -0.4 is 5.73 Å². The molecule has 0 bridgehead atoms. The number of nitrogen functional groups attached to an aromatic ring is 1. The summed E-state index contributed by atoms with van der Waals surface area (Å²) in [6.07, 6.45) is -0.0759. The minimum absolute atomic E-state index is 0.000852. The maximum absolute atomic E-state index is 13.7. The van der Waals surface area contributed by atoms with Crippen molar-refractivity contribution >= 4 is 34.7 Å². The number of hydrogen-bond acceptors (Lipinski definition) is 2. The summed E-state index contributed by atoms with van der Waals surface area (Å²) < 4.78 is 13.7. The van der Waals surface area contributed by atoms with Gasteiger partial charge in [0.1, 0.15) is 5.82 Å². The zero-order valence-corrected chi connectivity index (χ0v) is 11.3. The summed E-state index contributed by atoms with van der Waals surface area (Å²) in [4.78, 5) is 12.0. The average molecular weight is 298 g/mol. The van der Waals surface area contributed by atoms with Crippen LogP contribution >= 0.6 is 23.2 Å². The van der Waals surface area contributed by atoms with Gasteiger partial charge in [-0.3, -0.25) is 4.79 Å². The molecule has 0 radical (unpaired) electrons. The monoisotopic (exact) mass is 297 g/mol. The van der Waals surface area contributed by atoms with Crippen LogP contribution in [-0.2, 0) is 6.42 Å². The molecular weight excluding hydrogens is 288 g/mol. The van der Waals surface area contributed by atoms with Gasteiger partial charge in [0.25, 0.3) is 0 Å². The lowest BCUT2D eigenvalue weighted by Crippen LogP contribution is -2.06. The van der Waals surface area contributed by atoms with Crippen LogP contribution in [0.15, 0.2) is 36.4 Å². The van der Waals surface area contributed by atoms with E-state index in [1.165, 1.54) is 18.2 Å². The number of ketones is 1. The van der Waals surface area contributed by atoms with Gasteiger partial charge in [0.2, 0.25) is 0 Å². The van der Waals surface area contributed by atoms with Crippen LogP contribution in [0.25, 0.3) is 0 Å². The van der Waals surface area contributed by atoms with Gasteiger partial charge < -0.3 is 5.73 Å². The van der Waals surface area contributed by atoms with E-state index in [-0.39, 0.29) is 22.8 Å². The van der Waals surface area contributed by atoms with E-state index in [1.807, 2.05) is 0 Å². The fraction of sp³-hybridized carbons (Fsp3) is 0.0714. The highest BCUT2D eigenvalue weighted by molar-refractivity contribution is 6.33. The third kappa shape index (κ3) is 3.06. The normalized spacial score (nSPS) is 10.5. The maximum Gasteiger partial charge on any atom is 0.167 e. The van der Waals surface area contributed by atoms with Crippen molar-refractivity contribution in [1.82, 2.24) is 0 Å². The number of anilines is 1. The molecule has 0 aromatic heterocycles. The van der Waals surface area contributed by atoms with Crippen molar-refractivity contribution in [1.29, 1.82) is 0 Å². The van der Waals surface area contributed by atoms with Crippen molar-refractivity contribution in [3.05, 3.63) is 63.4 Å². The second-order valence-electron chi connectivity index (χ2n) is 4.05. The number of benzene rings is 2. The van der Waals surface area contributed by atoms with Gasteiger partial charge in [-0.25, -0.2) is 4.39 Å². The molecule has 0 amide bonds. The Hall–Kier alpha value is -1.58. The molecule has 0 saturated heterocycles. The summed E-state index contributed by atoms with van der Waals surface area (Å²) >= 11 is 11.4. The Morgan fingerprint density at radius 2 is 1.89 bits per heavy atom. The van der Waals surface area contributed by atoms with E-state index in [2.05, 4.69) is 0 Å². The van der Waals surface area contributed by atoms with Gasteiger partial charge in [-0.2, -0.15) is 0 Å². The van der Waals surface area contributed by atoms with Crippen molar-refractivity contribution in [3.8, 4) is 0 Å². The van der Waals surface area contributed by atoms with E-state index >= 15 is 0 Å². The fourth-order valence-corrected chi connectivity index (χ4v) is 1.99. The van der Waals surface area contributed by atoms with Gasteiger partial charge >= 0.3 is 0 Å². The van der Waals surface area contributed by atoms with Crippen LogP contribution in [0, 0.1) is 5.82 Å². The van der Waals surface area contributed by atoms with Crippen LogP contribution in [0.5, 0.6) is 0 Å². The van der Waals surface area contributed by atoms with Gasteiger partial charge in [-0.05, 0) is 29.8 Å². The molecule has 0 aliphatic carbocycles. The molecule has 2 aromatic rings. The lowest BCUT2D eigenvalue weighted by molar-refractivity contribution is 0.0992. The molecule has 0 unspecified atom stereocenters. The Morgan fingerprint density at radius 3 is 2.58 bits per heavy atom. The number of hydrogen-bond donors (Lipinski definition) is 1. The van der Waals surface area contributed by atoms with Crippen LogP contribution in [0.3, 0.4) is 0 Å². The first-order valence-electron chi connectivity index (χ1n) is 5.50. The Balaban J connectivity index is 2.26. The summed E-state index contributed by atoms with van der Waals surface area (Å²) in [6, 6.07) is 9.14. The Bertz CT molecular complexity index is 643. The molecule has 5 heteroatoms. The molecule has 0 aliphatic rings. The van der Waals surface area contributed by atoms with E-state index in [9.17, 15) is 9.18 Å². The van der Waals surface area contributed by atoms with Gasteiger partial charge in [-0.1, -0.05) is 35.3 Å². The highest BCUT2D eigenvalue weighted by atomic mass is 35.5. The van der Waals surface area contributed by atoms with E-state index in [0.717, 1.165) is 0 Å². The SMILES string of the molecule is Nc1cc(C(=O)Cc2cccc(Cl)c2F)ccc1Cl. The average Bonchev–Trinajstić information content (AvgIpc) is 2.38. The van der Waals surface area contributed by atoms with Crippen molar-refractivity contribution in [2.45, 2.75) is 6.42 Å². The minimum Gasteiger partial charge on any atom is -0.398 e. The molecule has 0 atom stereocenters. The Kier molecular flexibility index (Phi) is 4.08. The molecule has 19 heavy (non-hydrogen) atoms. The number of halogens is 3.